The number of anilines is 1. The van der Waals surface area contributed by atoms with Gasteiger partial charge in [0.1, 0.15) is 18.4 Å². The van der Waals surface area contributed by atoms with Crippen LogP contribution in [-0.2, 0) is 26.2 Å². The first kappa shape index (κ1) is 32.4. The van der Waals surface area contributed by atoms with Gasteiger partial charge >= 0.3 is 0 Å². The monoisotopic (exact) mass is 621 g/mol. The highest BCUT2D eigenvalue weighted by atomic mass is 35.5. The molecule has 41 heavy (non-hydrogen) atoms. The number of carbonyl (C=O) groups excluding carboxylic acids is 2. The maximum Gasteiger partial charge on any atom is 0.264 e. The van der Waals surface area contributed by atoms with Gasteiger partial charge in [0.15, 0.2) is 0 Å². The Labute approximate surface area is 251 Å². The highest BCUT2D eigenvalue weighted by Crippen LogP contribution is 2.29. The normalized spacial score (nSPS) is 12.2. The number of aryl methyl sites for hydroxylation is 1. The molecule has 11 heteroatoms. The maximum atomic E-state index is 15.1. The van der Waals surface area contributed by atoms with Crippen molar-refractivity contribution < 1.29 is 22.4 Å². The molecule has 0 saturated carbocycles. The van der Waals surface area contributed by atoms with Crippen LogP contribution in [0.4, 0.5) is 10.1 Å². The van der Waals surface area contributed by atoms with E-state index in [1.54, 1.807) is 37.3 Å². The zero-order valence-electron chi connectivity index (χ0n) is 23.4. The Morgan fingerprint density at radius 1 is 0.951 bits per heavy atom. The molecule has 0 aliphatic rings. The van der Waals surface area contributed by atoms with E-state index in [2.05, 4.69) is 5.32 Å². The Balaban J connectivity index is 2.10. The van der Waals surface area contributed by atoms with Gasteiger partial charge in [-0.3, -0.25) is 13.9 Å². The van der Waals surface area contributed by atoms with E-state index >= 15 is 4.39 Å². The van der Waals surface area contributed by atoms with Crippen LogP contribution in [-0.4, -0.2) is 44.3 Å². The summed E-state index contributed by atoms with van der Waals surface area (Å²) in [7, 11) is -4.39. The third-order valence-electron chi connectivity index (χ3n) is 6.47. The summed E-state index contributed by atoms with van der Waals surface area (Å²) in [5.41, 5.74) is 0.936. The lowest BCUT2D eigenvalue weighted by molar-refractivity contribution is -0.140. The fourth-order valence-corrected chi connectivity index (χ4v) is 6.14. The molecule has 1 atom stereocenters. The third-order valence-corrected chi connectivity index (χ3v) is 8.95. The summed E-state index contributed by atoms with van der Waals surface area (Å²) in [6.07, 6.45) is 0.224. The van der Waals surface area contributed by atoms with Crippen molar-refractivity contribution in [2.24, 2.45) is 5.92 Å². The fraction of sp³-hybridized carbons (Fsp3) is 0.333. The van der Waals surface area contributed by atoms with Gasteiger partial charge in [-0.05, 0) is 55.7 Å². The molecule has 3 rings (SSSR count). The van der Waals surface area contributed by atoms with E-state index in [4.69, 9.17) is 23.2 Å². The van der Waals surface area contributed by atoms with Gasteiger partial charge in [-0.25, -0.2) is 12.8 Å². The molecule has 3 aromatic carbocycles. The van der Waals surface area contributed by atoms with Crippen LogP contribution in [0.25, 0.3) is 0 Å². The predicted octanol–water partition coefficient (Wildman–Crippen LogP) is 6.22. The second-order valence-electron chi connectivity index (χ2n) is 10.1. The SMILES string of the molecule is CC[C@@H](C(=O)NCC(C)C)N(Cc1c(Cl)cccc1Cl)C(=O)CN(c1ccccc1F)S(=O)(=O)c1ccc(C)cc1. The van der Waals surface area contributed by atoms with E-state index in [-0.39, 0.29) is 39.5 Å². The summed E-state index contributed by atoms with van der Waals surface area (Å²) in [5.74, 6) is -1.80. The Bertz CT molecular complexity index is 1460. The zero-order chi connectivity index (χ0) is 30.3. The topological polar surface area (TPSA) is 86.8 Å². The van der Waals surface area contributed by atoms with Crippen LogP contribution in [0.2, 0.25) is 10.0 Å². The van der Waals surface area contributed by atoms with Gasteiger partial charge in [0.25, 0.3) is 10.0 Å². The van der Waals surface area contributed by atoms with Gasteiger partial charge in [0.05, 0.1) is 10.6 Å². The second kappa shape index (κ2) is 14.2. The average Bonchev–Trinajstić information content (AvgIpc) is 2.92. The van der Waals surface area contributed by atoms with E-state index in [0.29, 0.717) is 12.1 Å². The molecule has 220 valence electrons. The van der Waals surface area contributed by atoms with Crippen LogP contribution in [0.3, 0.4) is 0 Å². The van der Waals surface area contributed by atoms with Crippen LogP contribution in [0.15, 0.2) is 71.6 Å². The minimum Gasteiger partial charge on any atom is -0.354 e. The number of para-hydroxylation sites is 1. The number of benzene rings is 3. The molecule has 3 aromatic rings. The first-order chi connectivity index (χ1) is 19.4. The molecule has 0 spiro atoms. The van der Waals surface area contributed by atoms with Crippen molar-refractivity contribution in [2.75, 3.05) is 17.4 Å². The lowest BCUT2D eigenvalue weighted by atomic mass is 10.1. The average molecular weight is 623 g/mol. The minimum absolute atomic E-state index is 0.110. The number of nitrogens with one attached hydrogen (secondary N) is 1. The van der Waals surface area contributed by atoms with Crippen molar-refractivity contribution >= 4 is 50.7 Å². The second-order valence-corrected chi connectivity index (χ2v) is 12.7. The van der Waals surface area contributed by atoms with Crippen molar-refractivity contribution in [1.29, 1.82) is 0 Å². The van der Waals surface area contributed by atoms with E-state index < -0.39 is 40.2 Å². The van der Waals surface area contributed by atoms with Crippen molar-refractivity contribution in [3.05, 3.63) is 93.7 Å². The van der Waals surface area contributed by atoms with Gasteiger partial charge < -0.3 is 10.2 Å². The van der Waals surface area contributed by atoms with Crippen LogP contribution in [0, 0.1) is 18.7 Å². The van der Waals surface area contributed by atoms with Gasteiger partial charge in [0.2, 0.25) is 11.8 Å². The van der Waals surface area contributed by atoms with Crippen LogP contribution < -0.4 is 9.62 Å². The molecule has 7 nitrogen and oxygen atoms in total. The summed E-state index contributed by atoms with van der Waals surface area (Å²) >= 11 is 12.8. The van der Waals surface area contributed by atoms with Crippen molar-refractivity contribution in [2.45, 2.75) is 51.6 Å². The van der Waals surface area contributed by atoms with Crippen molar-refractivity contribution in [3.8, 4) is 0 Å². The molecule has 0 saturated heterocycles. The number of amides is 2. The predicted molar refractivity (Wildman–Crippen MR) is 161 cm³/mol. The minimum atomic E-state index is -4.39. The lowest BCUT2D eigenvalue weighted by Crippen LogP contribution is -2.52. The number of rotatable bonds is 12. The maximum absolute atomic E-state index is 15.1. The fourth-order valence-electron chi connectivity index (χ4n) is 4.20. The third kappa shape index (κ3) is 7.99. The quantitative estimate of drug-likeness (QED) is 0.260. The first-order valence-electron chi connectivity index (χ1n) is 13.2. The summed E-state index contributed by atoms with van der Waals surface area (Å²) in [6, 6.07) is 15.3. The Morgan fingerprint density at radius 3 is 2.12 bits per heavy atom. The van der Waals surface area contributed by atoms with Crippen LogP contribution >= 0.6 is 23.2 Å². The molecule has 0 aliphatic heterocycles. The number of hydrogen-bond donors (Lipinski definition) is 1. The van der Waals surface area contributed by atoms with Crippen LogP contribution in [0.5, 0.6) is 0 Å². The van der Waals surface area contributed by atoms with Crippen LogP contribution in [0.1, 0.15) is 38.3 Å². The van der Waals surface area contributed by atoms with E-state index in [1.807, 2.05) is 20.8 Å². The Morgan fingerprint density at radius 2 is 1.56 bits per heavy atom. The standard InChI is InChI=1S/C30H34Cl2FN3O4S/c1-5-27(30(38)34-17-20(2)3)35(18-23-24(31)9-8-10-25(23)32)29(37)19-36(28-12-7-6-11-26(28)33)41(39,40)22-15-13-21(4)14-16-22/h6-16,20,27H,5,17-19H2,1-4H3,(H,34,38)/t27-/m0/s1. The highest BCUT2D eigenvalue weighted by molar-refractivity contribution is 7.92. The van der Waals surface area contributed by atoms with Gasteiger partial charge in [0, 0.05) is 28.7 Å². The molecular weight excluding hydrogens is 588 g/mol. The number of carbonyl (C=O) groups is 2. The van der Waals surface area contributed by atoms with E-state index in [9.17, 15) is 18.0 Å². The molecule has 0 unspecified atom stereocenters. The smallest absolute Gasteiger partial charge is 0.264 e. The molecule has 1 N–H and O–H groups in total. The molecule has 0 aromatic heterocycles. The molecule has 0 aliphatic carbocycles. The van der Waals surface area contributed by atoms with E-state index in [0.717, 1.165) is 15.9 Å². The highest BCUT2D eigenvalue weighted by Gasteiger charge is 2.35. The zero-order valence-corrected chi connectivity index (χ0v) is 25.7. The Hall–Kier alpha value is -3.14. The lowest BCUT2D eigenvalue weighted by Gasteiger charge is -2.33. The molecule has 0 fully saturated rings. The van der Waals surface area contributed by atoms with Gasteiger partial charge in [-0.2, -0.15) is 0 Å². The van der Waals surface area contributed by atoms with E-state index in [1.165, 1.54) is 35.2 Å². The van der Waals surface area contributed by atoms with Gasteiger partial charge in [-0.1, -0.05) is 79.9 Å². The molecular formula is C30H34Cl2FN3O4S. The van der Waals surface area contributed by atoms with Crippen molar-refractivity contribution in [1.82, 2.24) is 10.2 Å². The summed E-state index contributed by atoms with van der Waals surface area (Å²) in [5, 5.41) is 3.41. The first-order valence-corrected chi connectivity index (χ1v) is 15.4. The Kier molecular flexibility index (Phi) is 11.2. The number of halogens is 3. The van der Waals surface area contributed by atoms with Gasteiger partial charge in [-0.15, -0.1) is 0 Å². The molecule has 2 amide bonds. The summed E-state index contributed by atoms with van der Waals surface area (Å²) in [4.78, 5) is 28.5. The molecule has 0 bridgehead atoms. The largest absolute Gasteiger partial charge is 0.354 e. The molecule has 0 radical (unpaired) electrons. The summed E-state index contributed by atoms with van der Waals surface area (Å²) < 4.78 is 43.5. The summed E-state index contributed by atoms with van der Waals surface area (Å²) in [6.45, 7) is 6.88. The number of sulfonamides is 1. The number of nitrogens with zero attached hydrogens (tertiary/aromatic N) is 2. The number of hydrogen-bond acceptors (Lipinski definition) is 4. The molecule has 0 heterocycles. The van der Waals surface area contributed by atoms with Crippen molar-refractivity contribution in [3.63, 3.8) is 0 Å².